The van der Waals surface area contributed by atoms with Crippen LogP contribution in [0.2, 0.25) is 0 Å². The maximum absolute atomic E-state index is 12.8. The van der Waals surface area contributed by atoms with E-state index < -0.39 is 0 Å². The predicted molar refractivity (Wildman–Crippen MR) is 126 cm³/mol. The van der Waals surface area contributed by atoms with Gasteiger partial charge in [-0.05, 0) is 55.0 Å². The van der Waals surface area contributed by atoms with Crippen LogP contribution in [0.25, 0.3) is 0 Å². The normalized spacial score (nSPS) is 18.8. The minimum atomic E-state index is -0.0626. The Bertz CT molecular complexity index is 1090. The number of nitrogens with zero attached hydrogens (tertiary/aromatic N) is 2. The summed E-state index contributed by atoms with van der Waals surface area (Å²) in [6.07, 6.45) is 2.66. The van der Waals surface area contributed by atoms with E-state index in [1.807, 2.05) is 59.2 Å². The number of likely N-dealkylation sites (tertiary alicyclic amines) is 1. The predicted octanol–water partition coefficient (Wildman–Crippen LogP) is 3.33. The van der Waals surface area contributed by atoms with Crippen LogP contribution < -0.4 is 16.0 Å². The highest BCUT2D eigenvalue weighted by Gasteiger charge is 2.32. The van der Waals surface area contributed by atoms with Gasteiger partial charge >= 0.3 is 12.1 Å². The van der Waals surface area contributed by atoms with Crippen molar-refractivity contribution in [1.82, 2.24) is 15.1 Å². The fourth-order valence-corrected chi connectivity index (χ4v) is 5.01. The summed E-state index contributed by atoms with van der Waals surface area (Å²) in [6.45, 7) is 3.86. The van der Waals surface area contributed by atoms with Gasteiger partial charge in [-0.25, -0.2) is 9.59 Å². The van der Waals surface area contributed by atoms with Crippen LogP contribution in [0, 0.1) is 0 Å². The molecule has 172 valence electrons. The number of hydrogen-bond acceptors (Lipinski definition) is 3. The Balaban J connectivity index is 1.12. The van der Waals surface area contributed by atoms with Crippen molar-refractivity contribution >= 4 is 29.3 Å². The molecule has 1 fully saturated rings. The summed E-state index contributed by atoms with van der Waals surface area (Å²) < 4.78 is 0. The SMILES string of the molecule is CC(Cc1ccc2c(c1)CC(=O)N2)NC(=O)N1CCC(N2Cc3ccccc3NC2=O)CC1. The Morgan fingerprint density at radius 2 is 1.82 bits per heavy atom. The van der Waals surface area contributed by atoms with Gasteiger partial charge in [0.15, 0.2) is 0 Å². The summed E-state index contributed by atoms with van der Waals surface area (Å²) in [6, 6.07) is 13.8. The summed E-state index contributed by atoms with van der Waals surface area (Å²) in [5, 5.41) is 8.93. The second kappa shape index (κ2) is 8.77. The molecule has 0 bridgehead atoms. The lowest BCUT2D eigenvalue weighted by molar-refractivity contribution is -0.115. The minimum Gasteiger partial charge on any atom is -0.335 e. The molecule has 8 heteroatoms. The third-order valence-corrected chi connectivity index (χ3v) is 6.76. The number of piperidine rings is 1. The van der Waals surface area contributed by atoms with Crippen LogP contribution in [-0.2, 0) is 24.2 Å². The Kier molecular flexibility index (Phi) is 5.66. The summed E-state index contributed by atoms with van der Waals surface area (Å²) >= 11 is 0. The second-order valence-corrected chi connectivity index (χ2v) is 9.20. The molecule has 1 atom stereocenters. The molecule has 3 aliphatic rings. The summed E-state index contributed by atoms with van der Waals surface area (Å²) in [7, 11) is 0. The van der Waals surface area contributed by atoms with E-state index in [4.69, 9.17) is 0 Å². The Morgan fingerprint density at radius 1 is 1.06 bits per heavy atom. The number of nitrogens with one attached hydrogen (secondary N) is 3. The van der Waals surface area contributed by atoms with Crippen molar-refractivity contribution in [2.45, 2.75) is 51.2 Å². The lowest BCUT2D eigenvalue weighted by Crippen LogP contribution is -2.53. The number of rotatable bonds is 4. The molecule has 3 heterocycles. The average molecular weight is 448 g/mol. The number of urea groups is 2. The van der Waals surface area contributed by atoms with Crippen molar-refractivity contribution in [1.29, 1.82) is 0 Å². The fourth-order valence-electron chi connectivity index (χ4n) is 5.01. The first-order chi connectivity index (χ1) is 16.0. The van der Waals surface area contributed by atoms with Crippen LogP contribution >= 0.6 is 0 Å². The number of fused-ring (bicyclic) bond motifs is 2. The molecule has 0 saturated carbocycles. The first-order valence-corrected chi connectivity index (χ1v) is 11.6. The Morgan fingerprint density at radius 3 is 2.64 bits per heavy atom. The summed E-state index contributed by atoms with van der Waals surface area (Å²) in [4.78, 5) is 40.7. The standard InChI is InChI=1S/C25H29N5O3/c1-16(12-17-6-7-22-19(13-17)14-23(31)27-22)26-24(32)29-10-8-20(9-11-29)30-15-18-4-2-3-5-21(18)28-25(30)33/h2-7,13,16,20H,8-12,14-15H2,1H3,(H,26,32)(H,27,31)(H,28,33). The van der Waals surface area contributed by atoms with Gasteiger partial charge in [-0.2, -0.15) is 0 Å². The van der Waals surface area contributed by atoms with E-state index in [1.165, 1.54) is 0 Å². The number of amides is 5. The van der Waals surface area contributed by atoms with Crippen LogP contribution in [0.1, 0.15) is 36.5 Å². The monoisotopic (exact) mass is 447 g/mol. The highest BCUT2D eigenvalue weighted by atomic mass is 16.2. The van der Waals surface area contributed by atoms with Gasteiger partial charge in [0.25, 0.3) is 0 Å². The molecule has 1 saturated heterocycles. The van der Waals surface area contributed by atoms with Crippen molar-refractivity contribution in [2.75, 3.05) is 23.7 Å². The van der Waals surface area contributed by atoms with Crippen LogP contribution in [0.15, 0.2) is 42.5 Å². The van der Waals surface area contributed by atoms with Gasteiger partial charge in [0.2, 0.25) is 5.91 Å². The van der Waals surface area contributed by atoms with E-state index in [1.54, 1.807) is 0 Å². The summed E-state index contributed by atoms with van der Waals surface area (Å²) in [5.41, 5.74) is 5.01. The molecular formula is C25H29N5O3. The molecule has 3 aliphatic heterocycles. The molecule has 1 unspecified atom stereocenters. The number of benzene rings is 2. The smallest absolute Gasteiger partial charge is 0.322 e. The lowest BCUT2D eigenvalue weighted by atomic mass is 10.0. The number of carbonyl (C=O) groups excluding carboxylic acids is 3. The van der Waals surface area contributed by atoms with Gasteiger partial charge in [-0.3, -0.25) is 4.79 Å². The van der Waals surface area contributed by atoms with E-state index in [-0.39, 0.29) is 30.1 Å². The summed E-state index contributed by atoms with van der Waals surface area (Å²) in [5.74, 6) is 0.0261. The van der Waals surface area contributed by atoms with Crippen molar-refractivity contribution in [2.24, 2.45) is 0 Å². The third-order valence-electron chi connectivity index (χ3n) is 6.76. The lowest BCUT2D eigenvalue weighted by Gasteiger charge is -2.40. The molecule has 0 spiro atoms. The molecule has 5 rings (SSSR count). The largest absolute Gasteiger partial charge is 0.335 e. The van der Waals surface area contributed by atoms with Gasteiger partial charge in [0.1, 0.15) is 0 Å². The second-order valence-electron chi connectivity index (χ2n) is 9.20. The van der Waals surface area contributed by atoms with Crippen LogP contribution in [0.5, 0.6) is 0 Å². The topological polar surface area (TPSA) is 93.8 Å². The minimum absolute atomic E-state index is 0.0253. The maximum atomic E-state index is 12.8. The van der Waals surface area contributed by atoms with E-state index in [0.717, 1.165) is 40.9 Å². The average Bonchev–Trinajstić information content (AvgIpc) is 3.18. The number of anilines is 2. The van der Waals surface area contributed by atoms with Gasteiger partial charge in [0.05, 0.1) is 6.42 Å². The first-order valence-electron chi connectivity index (χ1n) is 11.6. The molecule has 33 heavy (non-hydrogen) atoms. The molecule has 0 aromatic heterocycles. The van der Waals surface area contributed by atoms with Crippen molar-refractivity contribution in [3.63, 3.8) is 0 Å². The third kappa shape index (κ3) is 4.51. The zero-order valence-corrected chi connectivity index (χ0v) is 18.8. The van der Waals surface area contributed by atoms with Crippen molar-refractivity contribution < 1.29 is 14.4 Å². The van der Waals surface area contributed by atoms with Crippen LogP contribution in [0.3, 0.4) is 0 Å². The fraction of sp³-hybridized carbons (Fsp3) is 0.400. The van der Waals surface area contributed by atoms with Crippen LogP contribution in [0.4, 0.5) is 21.0 Å². The van der Waals surface area contributed by atoms with Gasteiger partial charge < -0.3 is 25.8 Å². The molecular weight excluding hydrogens is 418 g/mol. The van der Waals surface area contributed by atoms with Crippen molar-refractivity contribution in [3.8, 4) is 0 Å². The number of hydrogen-bond donors (Lipinski definition) is 3. The van der Waals surface area contributed by atoms with Crippen molar-refractivity contribution in [3.05, 3.63) is 59.2 Å². The molecule has 0 aliphatic carbocycles. The highest BCUT2D eigenvalue weighted by molar-refractivity contribution is 5.99. The van der Waals surface area contributed by atoms with E-state index in [9.17, 15) is 14.4 Å². The Hall–Kier alpha value is -3.55. The van der Waals surface area contributed by atoms with Gasteiger partial charge in [0, 0.05) is 43.1 Å². The van der Waals surface area contributed by atoms with E-state index >= 15 is 0 Å². The zero-order chi connectivity index (χ0) is 22.9. The first kappa shape index (κ1) is 21.3. The maximum Gasteiger partial charge on any atom is 0.322 e. The van der Waals surface area contributed by atoms with Crippen LogP contribution in [-0.4, -0.2) is 52.9 Å². The highest BCUT2D eigenvalue weighted by Crippen LogP contribution is 2.28. The number of carbonyl (C=O) groups is 3. The number of para-hydroxylation sites is 1. The van der Waals surface area contributed by atoms with Gasteiger partial charge in [-0.15, -0.1) is 0 Å². The molecule has 0 radical (unpaired) electrons. The molecule has 5 amide bonds. The molecule has 3 N–H and O–H groups in total. The quantitative estimate of drug-likeness (QED) is 0.671. The zero-order valence-electron chi connectivity index (χ0n) is 18.8. The van der Waals surface area contributed by atoms with Gasteiger partial charge in [-0.1, -0.05) is 30.3 Å². The van der Waals surface area contributed by atoms with E-state index in [0.29, 0.717) is 32.5 Å². The van der Waals surface area contributed by atoms with E-state index in [2.05, 4.69) is 16.0 Å². The molecule has 8 nitrogen and oxygen atoms in total. The Labute approximate surface area is 193 Å². The molecule has 2 aromatic carbocycles. The molecule has 2 aromatic rings.